The highest BCUT2D eigenvalue weighted by Gasteiger charge is 2.13. The third kappa shape index (κ3) is 5.23. The maximum absolute atomic E-state index is 11.6. The van der Waals surface area contributed by atoms with Crippen molar-refractivity contribution >= 4 is 35.1 Å². The predicted molar refractivity (Wildman–Crippen MR) is 78.8 cm³/mol. The maximum atomic E-state index is 11.6. The predicted octanol–water partition coefficient (Wildman–Crippen LogP) is 3.29. The van der Waals surface area contributed by atoms with Crippen LogP contribution < -0.4 is 5.32 Å². The number of hydrogen-bond acceptors (Lipinski definition) is 3. The van der Waals surface area contributed by atoms with Gasteiger partial charge >= 0.3 is 5.97 Å². The second-order valence-corrected chi connectivity index (χ2v) is 4.91. The van der Waals surface area contributed by atoms with Gasteiger partial charge in [-0.2, -0.15) is 0 Å². The molecule has 0 saturated heterocycles. The fraction of sp³-hybridized carbons (Fsp3) is 0.286. The minimum atomic E-state index is -0.556. The summed E-state index contributed by atoms with van der Waals surface area (Å²) in [6, 6.07) is 4.72. The Kier molecular flexibility index (Phi) is 6.55. The summed E-state index contributed by atoms with van der Waals surface area (Å²) in [5, 5.41) is 3.68. The van der Waals surface area contributed by atoms with Crippen molar-refractivity contribution in [1.29, 1.82) is 0 Å². The van der Waals surface area contributed by atoms with Crippen LogP contribution in [0.2, 0.25) is 10.0 Å². The molecule has 1 rings (SSSR count). The Bertz CT molecular complexity index is 529. The van der Waals surface area contributed by atoms with E-state index in [0.717, 1.165) is 5.56 Å². The molecule has 0 aliphatic heterocycles. The zero-order valence-corrected chi connectivity index (χ0v) is 12.7. The Morgan fingerprint density at radius 1 is 1.40 bits per heavy atom. The number of rotatable bonds is 5. The van der Waals surface area contributed by atoms with E-state index in [1.807, 2.05) is 0 Å². The van der Waals surface area contributed by atoms with Gasteiger partial charge in [-0.1, -0.05) is 35.3 Å². The summed E-state index contributed by atoms with van der Waals surface area (Å²) in [6.45, 7) is 3.13. The number of halogens is 2. The molecule has 0 aliphatic rings. The molecule has 0 unspecified atom stereocenters. The van der Waals surface area contributed by atoms with Crippen molar-refractivity contribution in [3.8, 4) is 0 Å². The average molecular weight is 316 g/mol. The summed E-state index contributed by atoms with van der Waals surface area (Å²) in [4.78, 5) is 22.7. The first-order valence-corrected chi connectivity index (χ1v) is 6.73. The van der Waals surface area contributed by atoms with Gasteiger partial charge in [0, 0.05) is 16.1 Å². The molecule has 0 fully saturated rings. The molecule has 1 atom stereocenters. The molecule has 0 bridgehead atoms. The van der Waals surface area contributed by atoms with Gasteiger partial charge in [0.1, 0.15) is 0 Å². The number of carbonyl (C=O) groups excluding carboxylic acids is 2. The van der Waals surface area contributed by atoms with Crippen LogP contribution in [0.4, 0.5) is 0 Å². The van der Waals surface area contributed by atoms with Crippen molar-refractivity contribution in [2.45, 2.75) is 19.9 Å². The van der Waals surface area contributed by atoms with Crippen LogP contribution in [-0.4, -0.2) is 18.5 Å². The van der Waals surface area contributed by atoms with Gasteiger partial charge in [-0.15, -0.1) is 0 Å². The molecule has 6 heteroatoms. The van der Waals surface area contributed by atoms with Crippen LogP contribution >= 0.6 is 23.2 Å². The second-order valence-electron chi connectivity index (χ2n) is 4.06. The lowest BCUT2D eigenvalue weighted by atomic mass is 10.1. The summed E-state index contributed by atoms with van der Waals surface area (Å²) in [5.74, 6) is -0.957. The number of hydrogen-bond donors (Lipinski definition) is 1. The summed E-state index contributed by atoms with van der Waals surface area (Å²) in [5.41, 5.74) is 0.740. The van der Waals surface area contributed by atoms with Crippen LogP contribution in [0.1, 0.15) is 25.5 Å². The van der Waals surface area contributed by atoms with Crippen LogP contribution in [0, 0.1) is 0 Å². The third-order valence-electron chi connectivity index (χ3n) is 2.45. The topological polar surface area (TPSA) is 55.4 Å². The number of esters is 1. The minimum Gasteiger partial charge on any atom is -0.452 e. The van der Waals surface area contributed by atoms with Crippen LogP contribution in [0.3, 0.4) is 0 Å². The molecule has 1 aromatic rings. The van der Waals surface area contributed by atoms with Crippen molar-refractivity contribution in [1.82, 2.24) is 5.32 Å². The quantitative estimate of drug-likeness (QED) is 0.670. The van der Waals surface area contributed by atoms with Gasteiger partial charge in [-0.05, 0) is 31.5 Å². The van der Waals surface area contributed by atoms with Crippen molar-refractivity contribution < 1.29 is 14.3 Å². The molecule has 0 spiro atoms. The van der Waals surface area contributed by atoms with Crippen LogP contribution in [0.15, 0.2) is 30.4 Å². The molecule has 1 amide bonds. The maximum Gasteiger partial charge on any atom is 0.330 e. The second kappa shape index (κ2) is 7.92. The lowest BCUT2D eigenvalue weighted by Gasteiger charge is -2.15. The molecule has 0 radical (unpaired) electrons. The molecular formula is C14H15Cl2NO3. The van der Waals surface area contributed by atoms with Crippen LogP contribution in [0.5, 0.6) is 0 Å². The van der Waals surface area contributed by atoms with Gasteiger partial charge in [0.25, 0.3) is 5.91 Å². The molecule has 1 N–H and O–H groups in total. The van der Waals surface area contributed by atoms with E-state index in [1.54, 1.807) is 32.0 Å². The molecular weight excluding hydrogens is 301 g/mol. The number of carbonyl (C=O) groups is 2. The molecule has 4 nitrogen and oxygen atoms in total. The van der Waals surface area contributed by atoms with Gasteiger partial charge < -0.3 is 10.1 Å². The van der Waals surface area contributed by atoms with Crippen molar-refractivity contribution in [2.75, 3.05) is 6.61 Å². The Morgan fingerprint density at radius 3 is 2.70 bits per heavy atom. The van der Waals surface area contributed by atoms with Crippen LogP contribution in [-0.2, 0) is 14.3 Å². The number of benzene rings is 1. The number of nitrogens with one attached hydrogen (secondary N) is 1. The first-order chi connectivity index (χ1) is 9.43. The average Bonchev–Trinajstić information content (AvgIpc) is 2.36. The third-order valence-corrected chi connectivity index (χ3v) is 3.02. The number of allylic oxidation sites excluding steroid dienone is 1. The summed E-state index contributed by atoms with van der Waals surface area (Å²) in [6.07, 6.45) is 2.78. The van der Waals surface area contributed by atoms with Gasteiger partial charge in [0.2, 0.25) is 0 Å². The van der Waals surface area contributed by atoms with Crippen molar-refractivity contribution in [3.63, 3.8) is 0 Å². The zero-order valence-electron chi connectivity index (χ0n) is 11.2. The van der Waals surface area contributed by atoms with Gasteiger partial charge in [0.15, 0.2) is 6.61 Å². The smallest absolute Gasteiger partial charge is 0.330 e. The lowest BCUT2D eigenvalue weighted by molar-refractivity contribution is -0.144. The highest BCUT2D eigenvalue weighted by Crippen LogP contribution is 2.25. The Hall–Kier alpha value is -1.52. The molecule has 0 aromatic heterocycles. The van der Waals surface area contributed by atoms with E-state index in [4.69, 9.17) is 27.9 Å². The Balaban J connectivity index is 2.55. The summed E-state index contributed by atoms with van der Waals surface area (Å²) >= 11 is 11.9. The van der Waals surface area contributed by atoms with Crippen molar-refractivity contribution in [2.24, 2.45) is 0 Å². The van der Waals surface area contributed by atoms with E-state index in [-0.39, 0.29) is 12.6 Å². The normalized spacial score (nSPS) is 12.2. The van der Waals surface area contributed by atoms with Crippen molar-refractivity contribution in [3.05, 3.63) is 46.0 Å². The Labute approximate surface area is 127 Å². The largest absolute Gasteiger partial charge is 0.452 e. The van der Waals surface area contributed by atoms with Gasteiger partial charge in [-0.25, -0.2) is 4.79 Å². The molecule has 0 saturated carbocycles. The SMILES string of the molecule is C/C=C/C(=O)OCC(=O)N[C@@H](C)c1ccc(Cl)cc1Cl. The number of ether oxygens (including phenoxy) is 1. The zero-order chi connectivity index (χ0) is 15.1. The van der Waals surface area contributed by atoms with E-state index in [0.29, 0.717) is 10.0 Å². The van der Waals surface area contributed by atoms with E-state index in [9.17, 15) is 9.59 Å². The Morgan fingerprint density at radius 2 is 2.10 bits per heavy atom. The fourth-order valence-electron chi connectivity index (χ4n) is 1.53. The van der Waals surface area contributed by atoms with E-state index in [2.05, 4.69) is 5.32 Å². The monoisotopic (exact) mass is 315 g/mol. The molecule has 0 aliphatic carbocycles. The van der Waals surface area contributed by atoms with Gasteiger partial charge in [0.05, 0.1) is 6.04 Å². The highest BCUT2D eigenvalue weighted by molar-refractivity contribution is 6.35. The minimum absolute atomic E-state index is 0.312. The first kappa shape index (κ1) is 16.5. The van der Waals surface area contributed by atoms with E-state index < -0.39 is 11.9 Å². The summed E-state index contributed by atoms with van der Waals surface area (Å²) in [7, 11) is 0. The van der Waals surface area contributed by atoms with E-state index in [1.165, 1.54) is 12.2 Å². The van der Waals surface area contributed by atoms with E-state index >= 15 is 0 Å². The molecule has 0 heterocycles. The standard InChI is InChI=1S/C14H15Cl2NO3/c1-3-4-14(19)20-8-13(18)17-9(2)11-6-5-10(15)7-12(11)16/h3-7,9H,8H2,1-2H3,(H,17,18)/b4-3+/t9-/m0/s1. The fourth-order valence-corrected chi connectivity index (χ4v) is 2.11. The van der Waals surface area contributed by atoms with Crippen LogP contribution in [0.25, 0.3) is 0 Å². The summed E-state index contributed by atoms with van der Waals surface area (Å²) < 4.78 is 4.74. The molecule has 108 valence electrons. The first-order valence-electron chi connectivity index (χ1n) is 5.97. The lowest BCUT2D eigenvalue weighted by Crippen LogP contribution is -2.31. The molecule has 1 aromatic carbocycles. The highest BCUT2D eigenvalue weighted by atomic mass is 35.5. The molecule has 20 heavy (non-hydrogen) atoms. The number of amides is 1. The van der Waals surface area contributed by atoms with Gasteiger partial charge in [-0.3, -0.25) is 4.79 Å².